The summed E-state index contributed by atoms with van der Waals surface area (Å²) >= 11 is 1.62. The van der Waals surface area contributed by atoms with Gasteiger partial charge < -0.3 is 6.53 Å². The van der Waals surface area contributed by atoms with Gasteiger partial charge in [-0.25, -0.2) is 0 Å². The molecule has 0 amide bonds. The molecule has 0 saturated carbocycles. The maximum atomic E-state index is 9.42. The predicted octanol–water partition coefficient (Wildman–Crippen LogP) is -0.302. The van der Waals surface area contributed by atoms with Crippen LogP contribution in [0.15, 0.2) is 17.5 Å². The Bertz CT molecular complexity index is 179. The molecule has 0 fully saturated rings. The number of aliphatic hydroxyl groups is 1. The molecule has 3 heteroatoms. The zero-order valence-electron chi connectivity index (χ0n) is 8.08. The molecule has 1 nitrogen and oxygen atoms in total. The van der Waals surface area contributed by atoms with Crippen LogP contribution < -0.4 is 29.6 Å². The van der Waals surface area contributed by atoms with Crippen LogP contribution in [0.2, 0.25) is 0 Å². The van der Waals surface area contributed by atoms with E-state index in [9.17, 15) is 5.11 Å². The molecule has 0 bridgehead atoms. The van der Waals surface area contributed by atoms with Crippen LogP contribution in [0.4, 0.5) is 0 Å². The molecule has 58 valence electrons. The van der Waals surface area contributed by atoms with Crippen molar-refractivity contribution in [1.29, 1.82) is 0 Å². The molecule has 0 spiro atoms. The molecule has 0 radical (unpaired) electrons. The fourth-order valence-corrected chi connectivity index (χ4v) is 1.64. The zero-order valence-corrected chi connectivity index (χ0v) is 9.90. The average Bonchev–Trinajstić information content (AvgIpc) is 2.38. The van der Waals surface area contributed by atoms with Gasteiger partial charge in [-0.05, 0) is 17.9 Å². The van der Waals surface area contributed by atoms with Crippen molar-refractivity contribution in [3.8, 4) is 0 Å². The molecule has 1 aromatic rings. The Kier molecular flexibility index (Phi) is 6.58. The molecule has 0 aromatic carbocycles. The normalized spacial score (nSPS) is 12.2. The summed E-state index contributed by atoms with van der Waals surface area (Å²) in [6.07, 6.45) is 1.68. The van der Waals surface area contributed by atoms with E-state index < -0.39 is 0 Å². The Morgan fingerprint density at radius 1 is 1.73 bits per heavy atom. The van der Waals surface area contributed by atoms with E-state index in [2.05, 4.69) is 6.92 Å². The molecule has 1 aromatic heterocycles. The molecule has 0 aliphatic heterocycles. The van der Waals surface area contributed by atoms with Gasteiger partial charge in [0.2, 0.25) is 0 Å². The van der Waals surface area contributed by atoms with Crippen molar-refractivity contribution in [3.63, 3.8) is 0 Å². The first-order valence-electron chi connectivity index (χ1n) is 3.56. The van der Waals surface area contributed by atoms with E-state index in [0.717, 1.165) is 17.7 Å². The van der Waals surface area contributed by atoms with E-state index in [1.807, 2.05) is 17.5 Å². The van der Waals surface area contributed by atoms with Crippen molar-refractivity contribution in [2.24, 2.45) is 0 Å². The molecule has 0 aliphatic rings. The Balaban J connectivity index is 0. The molecule has 1 atom stereocenters. The quantitative estimate of drug-likeness (QED) is 0.633. The summed E-state index contributed by atoms with van der Waals surface area (Å²) in [6, 6.07) is 3.95. The minimum atomic E-state index is -0.231. The van der Waals surface area contributed by atoms with Crippen LogP contribution in [0, 0.1) is 0 Å². The average molecular weight is 180 g/mol. The van der Waals surface area contributed by atoms with Crippen LogP contribution >= 0.6 is 11.3 Å². The molecule has 1 rings (SSSR count). The SMILES string of the molecule is CCCC(O)c1cccs1.[H-].[Na+]. The van der Waals surface area contributed by atoms with Crippen LogP contribution in [0.3, 0.4) is 0 Å². The van der Waals surface area contributed by atoms with Gasteiger partial charge in [0.15, 0.2) is 0 Å². The van der Waals surface area contributed by atoms with Gasteiger partial charge in [-0.2, -0.15) is 0 Å². The van der Waals surface area contributed by atoms with Crippen molar-refractivity contribution in [2.75, 3.05) is 0 Å². The number of rotatable bonds is 3. The predicted molar refractivity (Wildman–Crippen MR) is 45.3 cm³/mol. The third-order valence-electron chi connectivity index (χ3n) is 1.43. The fraction of sp³-hybridized carbons (Fsp3) is 0.500. The standard InChI is InChI=1S/C8H12OS.Na.H/c1-2-4-7(9)8-5-3-6-10-8;;/h3,5-7,9H,2,4H2,1H3;;/q;+1;-1. The van der Waals surface area contributed by atoms with Crippen molar-refractivity contribution < 1.29 is 36.1 Å². The number of aliphatic hydroxyl groups excluding tert-OH is 1. The summed E-state index contributed by atoms with van der Waals surface area (Å²) < 4.78 is 0. The second-order valence-electron chi connectivity index (χ2n) is 2.32. The van der Waals surface area contributed by atoms with Crippen molar-refractivity contribution in [1.82, 2.24) is 0 Å². The van der Waals surface area contributed by atoms with Crippen LogP contribution in [-0.2, 0) is 0 Å². The minimum Gasteiger partial charge on any atom is -1.00 e. The minimum absolute atomic E-state index is 0. The van der Waals surface area contributed by atoms with Gasteiger partial charge in [0, 0.05) is 4.88 Å². The second-order valence-corrected chi connectivity index (χ2v) is 3.30. The molecular weight excluding hydrogens is 167 g/mol. The summed E-state index contributed by atoms with van der Waals surface area (Å²) in [5, 5.41) is 11.4. The Morgan fingerprint density at radius 3 is 2.91 bits per heavy atom. The van der Waals surface area contributed by atoms with E-state index in [-0.39, 0.29) is 37.1 Å². The molecule has 11 heavy (non-hydrogen) atoms. The van der Waals surface area contributed by atoms with Gasteiger partial charge in [0.05, 0.1) is 6.10 Å². The molecule has 1 heterocycles. The van der Waals surface area contributed by atoms with E-state index >= 15 is 0 Å². The van der Waals surface area contributed by atoms with Gasteiger partial charge in [-0.15, -0.1) is 11.3 Å². The maximum absolute atomic E-state index is 9.42. The largest absolute Gasteiger partial charge is 1.00 e. The first-order chi connectivity index (χ1) is 4.84. The van der Waals surface area contributed by atoms with Crippen molar-refractivity contribution >= 4 is 11.3 Å². The third-order valence-corrected chi connectivity index (χ3v) is 2.41. The molecule has 0 saturated heterocycles. The Labute approximate surface area is 95.2 Å². The van der Waals surface area contributed by atoms with Crippen molar-refractivity contribution in [3.05, 3.63) is 22.4 Å². The summed E-state index contributed by atoms with van der Waals surface area (Å²) in [5.41, 5.74) is 0. The summed E-state index contributed by atoms with van der Waals surface area (Å²) in [5.74, 6) is 0. The molecule has 1 N–H and O–H groups in total. The number of hydrogen-bond donors (Lipinski definition) is 1. The topological polar surface area (TPSA) is 20.2 Å². The maximum Gasteiger partial charge on any atom is 1.00 e. The van der Waals surface area contributed by atoms with Gasteiger partial charge >= 0.3 is 29.6 Å². The first kappa shape index (κ1) is 11.7. The summed E-state index contributed by atoms with van der Waals surface area (Å²) in [7, 11) is 0. The van der Waals surface area contributed by atoms with Crippen LogP contribution in [0.1, 0.15) is 32.2 Å². The summed E-state index contributed by atoms with van der Waals surface area (Å²) in [4.78, 5) is 1.09. The van der Waals surface area contributed by atoms with Gasteiger partial charge in [-0.1, -0.05) is 19.4 Å². The number of thiophene rings is 1. The van der Waals surface area contributed by atoms with E-state index in [1.54, 1.807) is 11.3 Å². The van der Waals surface area contributed by atoms with Crippen LogP contribution in [0.25, 0.3) is 0 Å². The molecule has 1 unspecified atom stereocenters. The van der Waals surface area contributed by atoms with Gasteiger partial charge in [0.1, 0.15) is 0 Å². The van der Waals surface area contributed by atoms with E-state index in [1.165, 1.54) is 0 Å². The molecule has 0 aliphatic carbocycles. The van der Waals surface area contributed by atoms with E-state index in [4.69, 9.17) is 0 Å². The molecular formula is C8H13NaOS. The smallest absolute Gasteiger partial charge is 1.00 e. The van der Waals surface area contributed by atoms with Crippen LogP contribution in [-0.4, -0.2) is 5.11 Å². The first-order valence-corrected chi connectivity index (χ1v) is 4.44. The van der Waals surface area contributed by atoms with Gasteiger partial charge in [-0.3, -0.25) is 0 Å². The zero-order chi connectivity index (χ0) is 7.40. The van der Waals surface area contributed by atoms with Crippen molar-refractivity contribution in [2.45, 2.75) is 25.9 Å². The Hall–Kier alpha value is 0.660. The Morgan fingerprint density at radius 2 is 2.45 bits per heavy atom. The van der Waals surface area contributed by atoms with E-state index in [0.29, 0.717) is 0 Å². The third kappa shape index (κ3) is 3.72. The number of hydrogen-bond acceptors (Lipinski definition) is 2. The van der Waals surface area contributed by atoms with Gasteiger partial charge in [0.25, 0.3) is 0 Å². The fourth-order valence-electron chi connectivity index (χ4n) is 0.897. The summed E-state index contributed by atoms with van der Waals surface area (Å²) in [6.45, 7) is 2.08. The van der Waals surface area contributed by atoms with Crippen LogP contribution in [0.5, 0.6) is 0 Å². The monoisotopic (exact) mass is 180 g/mol. The second kappa shape index (κ2) is 6.21.